The average Bonchev–Trinajstić information content (AvgIpc) is 3.40. The van der Waals surface area contributed by atoms with Gasteiger partial charge in [0.2, 0.25) is 0 Å². The fourth-order valence-corrected chi connectivity index (χ4v) is 4.95. The number of aromatic nitrogens is 4. The Morgan fingerprint density at radius 2 is 2.15 bits per heavy atom. The molecule has 168 valence electrons. The van der Waals surface area contributed by atoms with Crippen molar-refractivity contribution in [1.82, 2.24) is 29.8 Å². The van der Waals surface area contributed by atoms with Gasteiger partial charge in [0.25, 0.3) is 0 Å². The summed E-state index contributed by atoms with van der Waals surface area (Å²) in [6.07, 6.45) is 3.90. The van der Waals surface area contributed by atoms with Gasteiger partial charge in [-0.3, -0.25) is 4.90 Å². The Morgan fingerprint density at radius 3 is 2.91 bits per heavy atom. The van der Waals surface area contributed by atoms with E-state index in [1.54, 1.807) is 10.6 Å². The summed E-state index contributed by atoms with van der Waals surface area (Å²) in [5, 5.41) is 29.7. The first-order valence-electron chi connectivity index (χ1n) is 10.5. The van der Waals surface area contributed by atoms with E-state index in [-0.39, 0.29) is 6.04 Å². The molecule has 1 amide bonds. The highest BCUT2D eigenvalue weighted by Crippen LogP contribution is 2.32. The third kappa shape index (κ3) is 4.22. The molecule has 1 aromatic carbocycles. The number of H-pyrrole nitrogens is 1. The molecule has 0 radical (unpaired) electrons. The van der Waals surface area contributed by atoms with Gasteiger partial charge in [0.05, 0.1) is 22.8 Å². The number of likely N-dealkylation sites (tertiary alicyclic amines) is 1. The maximum atomic E-state index is 10.9. The summed E-state index contributed by atoms with van der Waals surface area (Å²) in [4.78, 5) is 20.9. The Balaban J connectivity index is 1.45. The fourth-order valence-electron chi connectivity index (χ4n) is 4.40. The molecule has 0 saturated carbocycles. The maximum Gasteiger partial charge on any atom is 0.404 e. The van der Waals surface area contributed by atoms with Gasteiger partial charge in [0, 0.05) is 37.3 Å². The van der Waals surface area contributed by atoms with E-state index in [4.69, 9.17) is 5.11 Å². The standard InChI is InChI=1S/C22H21BrN8O2/c23-18-9-15(11-30-5-2-16(3-6-30)28-22(32)33)20-21(26-12-27-31(18)20)29-17-8-13(10-24)7-14-1-4-25-19(14)17/h1,4,7-9,12,16,25,28H,2-3,5-6,11H2,(H,32,33)(H,26,27,29). The number of fused-ring (bicyclic) bond motifs is 2. The number of halogens is 1. The molecule has 3 aromatic heterocycles. The lowest BCUT2D eigenvalue weighted by Crippen LogP contribution is -2.43. The molecule has 1 aliphatic rings. The van der Waals surface area contributed by atoms with Gasteiger partial charge in [-0.1, -0.05) is 0 Å². The molecule has 4 N–H and O–H groups in total. The van der Waals surface area contributed by atoms with E-state index in [1.165, 1.54) is 6.33 Å². The number of carboxylic acid groups (broad SMARTS) is 1. The Kier molecular flexibility index (Phi) is 5.62. The first-order chi connectivity index (χ1) is 16.0. The molecule has 0 bridgehead atoms. The van der Waals surface area contributed by atoms with Crippen molar-refractivity contribution in [1.29, 1.82) is 5.26 Å². The summed E-state index contributed by atoms with van der Waals surface area (Å²) in [5.41, 5.74) is 4.11. The van der Waals surface area contributed by atoms with Gasteiger partial charge in [-0.25, -0.2) is 14.3 Å². The van der Waals surface area contributed by atoms with Crippen LogP contribution < -0.4 is 10.6 Å². The highest BCUT2D eigenvalue weighted by molar-refractivity contribution is 9.10. The van der Waals surface area contributed by atoms with Crippen LogP contribution in [0.3, 0.4) is 0 Å². The van der Waals surface area contributed by atoms with Crippen molar-refractivity contribution < 1.29 is 9.90 Å². The van der Waals surface area contributed by atoms with Crippen molar-refractivity contribution in [2.24, 2.45) is 0 Å². The van der Waals surface area contributed by atoms with Gasteiger partial charge in [-0.05, 0) is 58.6 Å². The van der Waals surface area contributed by atoms with Crippen LogP contribution in [0.2, 0.25) is 0 Å². The molecule has 11 heteroatoms. The number of nitrogens with one attached hydrogen (secondary N) is 3. The normalized spacial score (nSPS) is 15.0. The predicted octanol–water partition coefficient (Wildman–Crippen LogP) is 3.82. The second-order valence-electron chi connectivity index (χ2n) is 8.06. The summed E-state index contributed by atoms with van der Waals surface area (Å²) < 4.78 is 2.61. The largest absolute Gasteiger partial charge is 0.465 e. The van der Waals surface area contributed by atoms with E-state index in [1.807, 2.05) is 24.4 Å². The van der Waals surface area contributed by atoms with E-state index in [0.717, 1.165) is 58.2 Å². The van der Waals surface area contributed by atoms with Crippen molar-refractivity contribution in [2.75, 3.05) is 18.4 Å². The molecule has 5 rings (SSSR count). The Hall–Kier alpha value is -3.62. The molecule has 10 nitrogen and oxygen atoms in total. The van der Waals surface area contributed by atoms with Crippen molar-refractivity contribution in [3.63, 3.8) is 0 Å². The third-order valence-electron chi connectivity index (χ3n) is 5.94. The second-order valence-corrected chi connectivity index (χ2v) is 8.88. The molecule has 4 aromatic rings. The Bertz CT molecular complexity index is 1380. The van der Waals surface area contributed by atoms with Crippen LogP contribution in [-0.4, -0.2) is 54.8 Å². The SMILES string of the molecule is N#Cc1cc(Nc2ncnn3c(Br)cc(CN4CCC(NC(=O)O)CC4)c23)c2[nH]ccc2c1. The zero-order valence-corrected chi connectivity index (χ0v) is 19.1. The molecule has 1 aliphatic heterocycles. The van der Waals surface area contributed by atoms with Gasteiger partial charge in [0.1, 0.15) is 16.4 Å². The van der Waals surface area contributed by atoms with E-state index < -0.39 is 6.09 Å². The van der Waals surface area contributed by atoms with Gasteiger partial charge in [-0.15, -0.1) is 0 Å². The van der Waals surface area contributed by atoms with Gasteiger partial charge >= 0.3 is 6.09 Å². The van der Waals surface area contributed by atoms with Crippen LogP contribution in [0, 0.1) is 11.3 Å². The van der Waals surface area contributed by atoms with Crippen LogP contribution in [0.25, 0.3) is 16.4 Å². The number of hydrogen-bond donors (Lipinski definition) is 4. The van der Waals surface area contributed by atoms with Crippen LogP contribution in [0.1, 0.15) is 24.0 Å². The first-order valence-corrected chi connectivity index (χ1v) is 11.3. The van der Waals surface area contributed by atoms with Gasteiger partial charge < -0.3 is 20.7 Å². The lowest BCUT2D eigenvalue weighted by atomic mass is 10.0. The quantitative estimate of drug-likeness (QED) is 0.321. The number of piperidine rings is 1. The van der Waals surface area contributed by atoms with Crippen LogP contribution in [0.4, 0.5) is 16.3 Å². The van der Waals surface area contributed by atoms with Crippen LogP contribution in [0.5, 0.6) is 0 Å². The number of nitrogens with zero attached hydrogens (tertiary/aromatic N) is 5. The molecule has 0 aliphatic carbocycles. The second kappa shape index (κ2) is 8.73. The number of anilines is 2. The third-order valence-corrected chi connectivity index (χ3v) is 6.51. The first kappa shape index (κ1) is 21.2. The highest BCUT2D eigenvalue weighted by atomic mass is 79.9. The number of aromatic amines is 1. The minimum atomic E-state index is -0.972. The van der Waals surface area contributed by atoms with Crippen LogP contribution in [0.15, 0.2) is 41.4 Å². The predicted molar refractivity (Wildman–Crippen MR) is 126 cm³/mol. The monoisotopic (exact) mass is 508 g/mol. The molecule has 0 atom stereocenters. The molecule has 4 heterocycles. The number of rotatable bonds is 5. The number of nitriles is 1. The van der Waals surface area contributed by atoms with Gasteiger partial charge in [0.15, 0.2) is 5.82 Å². The lowest BCUT2D eigenvalue weighted by Gasteiger charge is -2.31. The van der Waals surface area contributed by atoms with Gasteiger partial charge in [-0.2, -0.15) is 10.4 Å². The number of carbonyl (C=O) groups is 1. The summed E-state index contributed by atoms with van der Waals surface area (Å²) in [6.45, 7) is 2.28. The summed E-state index contributed by atoms with van der Waals surface area (Å²) in [7, 11) is 0. The maximum absolute atomic E-state index is 10.9. The molecule has 1 fully saturated rings. The van der Waals surface area contributed by atoms with Crippen molar-refractivity contribution in [2.45, 2.75) is 25.4 Å². The summed E-state index contributed by atoms with van der Waals surface area (Å²) in [6, 6.07) is 9.81. The Morgan fingerprint density at radius 1 is 1.33 bits per heavy atom. The molecule has 33 heavy (non-hydrogen) atoms. The summed E-state index contributed by atoms with van der Waals surface area (Å²) in [5.74, 6) is 0.638. The molecule has 1 saturated heterocycles. The van der Waals surface area contributed by atoms with E-state index in [9.17, 15) is 10.1 Å². The average molecular weight is 509 g/mol. The van der Waals surface area contributed by atoms with E-state index >= 15 is 0 Å². The molecular weight excluding hydrogens is 488 g/mol. The zero-order valence-electron chi connectivity index (χ0n) is 17.5. The van der Waals surface area contributed by atoms with Crippen molar-refractivity contribution in [3.05, 3.63) is 52.5 Å². The number of hydrogen-bond acceptors (Lipinski definition) is 6. The van der Waals surface area contributed by atoms with E-state index in [0.29, 0.717) is 17.9 Å². The fraction of sp³-hybridized carbons (Fsp3) is 0.273. The van der Waals surface area contributed by atoms with Crippen LogP contribution >= 0.6 is 15.9 Å². The summed E-state index contributed by atoms with van der Waals surface area (Å²) >= 11 is 3.60. The number of benzene rings is 1. The zero-order chi connectivity index (χ0) is 22.9. The van der Waals surface area contributed by atoms with E-state index in [2.05, 4.69) is 52.6 Å². The molecule has 0 spiro atoms. The molecular formula is C22H21BrN8O2. The minimum Gasteiger partial charge on any atom is -0.465 e. The highest BCUT2D eigenvalue weighted by Gasteiger charge is 2.23. The molecule has 0 unspecified atom stereocenters. The lowest BCUT2D eigenvalue weighted by molar-refractivity contribution is 0.165. The van der Waals surface area contributed by atoms with Crippen molar-refractivity contribution in [3.8, 4) is 6.07 Å². The minimum absolute atomic E-state index is 0.00700. The van der Waals surface area contributed by atoms with Crippen LogP contribution in [-0.2, 0) is 6.54 Å². The number of amides is 1. The topological polar surface area (TPSA) is 134 Å². The smallest absolute Gasteiger partial charge is 0.404 e. The van der Waals surface area contributed by atoms with Crippen molar-refractivity contribution >= 4 is 49.9 Å². The Labute approximate surface area is 197 Å².